The lowest BCUT2D eigenvalue weighted by atomic mass is 10.1. The second-order valence-electron chi connectivity index (χ2n) is 7.62. The maximum Gasteiger partial charge on any atom is 0.0813 e. The highest BCUT2D eigenvalue weighted by Crippen LogP contribution is 2.20. The Morgan fingerprint density at radius 3 is 2.25 bits per heavy atom. The Labute approximate surface area is 124 Å². The number of ether oxygens (including phenoxy) is 3. The van der Waals surface area contributed by atoms with Crippen LogP contribution in [0.1, 0.15) is 54.4 Å². The van der Waals surface area contributed by atoms with Crippen molar-refractivity contribution in [1.29, 1.82) is 0 Å². The molecule has 1 saturated heterocycles. The molecule has 2 atom stereocenters. The predicted molar refractivity (Wildman–Crippen MR) is 82.2 cm³/mol. The Bertz CT molecular complexity index is 268. The molecule has 0 spiro atoms. The van der Waals surface area contributed by atoms with Gasteiger partial charge in [0.05, 0.1) is 37.6 Å². The summed E-state index contributed by atoms with van der Waals surface area (Å²) in [6, 6.07) is 0. The van der Waals surface area contributed by atoms with Crippen molar-refractivity contribution in [3.05, 3.63) is 0 Å². The van der Waals surface area contributed by atoms with E-state index in [-0.39, 0.29) is 17.2 Å². The first kappa shape index (κ1) is 17.9. The quantitative estimate of drug-likeness (QED) is 0.731. The third kappa shape index (κ3) is 8.90. The second-order valence-corrected chi connectivity index (χ2v) is 7.62. The molecule has 20 heavy (non-hydrogen) atoms. The van der Waals surface area contributed by atoms with Gasteiger partial charge in [-0.15, -0.1) is 0 Å². The molecule has 0 radical (unpaired) electrons. The van der Waals surface area contributed by atoms with E-state index in [9.17, 15) is 0 Å². The average molecular weight is 287 g/mol. The highest BCUT2D eigenvalue weighted by atomic mass is 16.6. The molecule has 120 valence electrons. The SMILES string of the molecule is CC(C)(C)NCC1CCC(COCCOC(C)(C)C)O1. The third-order valence-electron chi connectivity index (χ3n) is 3.12. The van der Waals surface area contributed by atoms with Crippen molar-refractivity contribution < 1.29 is 14.2 Å². The van der Waals surface area contributed by atoms with Crippen LogP contribution < -0.4 is 5.32 Å². The zero-order valence-corrected chi connectivity index (χ0v) is 14.1. The summed E-state index contributed by atoms with van der Waals surface area (Å²) in [5.41, 5.74) is 0.0686. The van der Waals surface area contributed by atoms with Crippen LogP contribution in [0, 0.1) is 0 Å². The first-order valence-electron chi connectivity index (χ1n) is 7.78. The van der Waals surface area contributed by atoms with Crippen LogP contribution in [-0.2, 0) is 14.2 Å². The number of nitrogens with one attached hydrogen (secondary N) is 1. The van der Waals surface area contributed by atoms with E-state index < -0.39 is 0 Å². The highest BCUT2D eigenvalue weighted by molar-refractivity contribution is 4.79. The van der Waals surface area contributed by atoms with Crippen molar-refractivity contribution in [3.8, 4) is 0 Å². The number of hydrogen-bond acceptors (Lipinski definition) is 4. The van der Waals surface area contributed by atoms with Crippen molar-refractivity contribution in [2.24, 2.45) is 0 Å². The summed E-state index contributed by atoms with van der Waals surface area (Å²) >= 11 is 0. The van der Waals surface area contributed by atoms with Crippen LogP contribution in [0.15, 0.2) is 0 Å². The molecule has 1 fully saturated rings. The lowest BCUT2D eigenvalue weighted by molar-refractivity contribution is -0.0578. The van der Waals surface area contributed by atoms with Crippen LogP contribution in [0.4, 0.5) is 0 Å². The summed E-state index contributed by atoms with van der Waals surface area (Å²) in [6.07, 6.45) is 2.79. The van der Waals surface area contributed by atoms with Gasteiger partial charge in [-0.1, -0.05) is 0 Å². The smallest absolute Gasteiger partial charge is 0.0813 e. The van der Waals surface area contributed by atoms with E-state index in [1.807, 2.05) is 0 Å². The van der Waals surface area contributed by atoms with Gasteiger partial charge in [-0.05, 0) is 54.4 Å². The molecule has 4 nitrogen and oxygen atoms in total. The minimum atomic E-state index is -0.0864. The molecular formula is C16H33NO3. The molecule has 0 aromatic rings. The fraction of sp³-hybridized carbons (Fsp3) is 1.00. The number of rotatable bonds is 7. The first-order valence-corrected chi connectivity index (χ1v) is 7.78. The molecule has 4 heteroatoms. The minimum absolute atomic E-state index is 0.0864. The Kier molecular flexibility index (Phi) is 6.92. The molecular weight excluding hydrogens is 254 g/mol. The molecule has 0 aliphatic carbocycles. The van der Waals surface area contributed by atoms with Gasteiger partial charge in [0.15, 0.2) is 0 Å². The van der Waals surface area contributed by atoms with E-state index in [2.05, 4.69) is 46.9 Å². The van der Waals surface area contributed by atoms with Gasteiger partial charge in [-0.2, -0.15) is 0 Å². The van der Waals surface area contributed by atoms with Crippen molar-refractivity contribution in [2.75, 3.05) is 26.4 Å². The Hall–Kier alpha value is -0.160. The van der Waals surface area contributed by atoms with Crippen LogP contribution in [0.2, 0.25) is 0 Å². The minimum Gasteiger partial charge on any atom is -0.376 e. The maximum absolute atomic E-state index is 5.98. The predicted octanol–water partition coefficient (Wildman–Crippen LogP) is 2.75. The Morgan fingerprint density at radius 2 is 1.65 bits per heavy atom. The van der Waals surface area contributed by atoms with Gasteiger partial charge in [0, 0.05) is 12.1 Å². The maximum atomic E-state index is 5.98. The summed E-state index contributed by atoms with van der Waals surface area (Å²) in [5.74, 6) is 0. The van der Waals surface area contributed by atoms with Gasteiger partial charge in [-0.3, -0.25) is 0 Å². The first-order chi connectivity index (χ1) is 9.16. The normalized spacial score (nSPS) is 24.3. The number of hydrogen-bond donors (Lipinski definition) is 1. The molecule has 2 unspecified atom stereocenters. The van der Waals surface area contributed by atoms with Crippen molar-refractivity contribution in [2.45, 2.75) is 77.7 Å². The zero-order valence-electron chi connectivity index (χ0n) is 14.1. The summed E-state index contributed by atoms with van der Waals surface area (Å²) in [5, 5.41) is 3.49. The second kappa shape index (κ2) is 7.74. The zero-order chi connectivity index (χ0) is 15.2. The summed E-state index contributed by atoms with van der Waals surface area (Å²) in [7, 11) is 0. The van der Waals surface area contributed by atoms with E-state index in [1.54, 1.807) is 0 Å². The molecule has 0 bridgehead atoms. The van der Waals surface area contributed by atoms with E-state index in [0.29, 0.717) is 25.9 Å². The van der Waals surface area contributed by atoms with Gasteiger partial charge >= 0.3 is 0 Å². The van der Waals surface area contributed by atoms with Crippen molar-refractivity contribution >= 4 is 0 Å². The lowest BCUT2D eigenvalue weighted by Gasteiger charge is -2.23. The Balaban J connectivity index is 2.04. The van der Waals surface area contributed by atoms with E-state index in [0.717, 1.165) is 19.4 Å². The largest absolute Gasteiger partial charge is 0.376 e. The summed E-state index contributed by atoms with van der Waals surface area (Å²) < 4.78 is 17.2. The van der Waals surface area contributed by atoms with Crippen LogP contribution >= 0.6 is 0 Å². The topological polar surface area (TPSA) is 39.7 Å². The third-order valence-corrected chi connectivity index (χ3v) is 3.12. The van der Waals surface area contributed by atoms with Crippen LogP contribution in [0.3, 0.4) is 0 Å². The van der Waals surface area contributed by atoms with E-state index in [4.69, 9.17) is 14.2 Å². The van der Waals surface area contributed by atoms with Crippen LogP contribution in [0.25, 0.3) is 0 Å². The van der Waals surface area contributed by atoms with Gasteiger partial charge in [0.2, 0.25) is 0 Å². The van der Waals surface area contributed by atoms with Crippen LogP contribution in [-0.4, -0.2) is 49.7 Å². The Morgan fingerprint density at radius 1 is 1.00 bits per heavy atom. The molecule has 1 aliphatic rings. The molecule has 0 aromatic heterocycles. The van der Waals surface area contributed by atoms with E-state index >= 15 is 0 Å². The molecule has 1 heterocycles. The average Bonchev–Trinajstić information content (AvgIpc) is 2.71. The van der Waals surface area contributed by atoms with Gasteiger partial charge in [-0.25, -0.2) is 0 Å². The monoisotopic (exact) mass is 287 g/mol. The summed E-state index contributed by atoms with van der Waals surface area (Å²) in [4.78, 5) is 0. The van der Waals surface area contributed by atoms with Crippen LogP contribution in [0.5, 0.6) is 0 Å². The van der Waals surface area contributed by atoms with E-state index in [1.165, 1.54) is 0 Å². The molecule has 0 saturated carbocycles. The standard InChI is InChI=1S/C16H33NO3/c1-15(2,3)17-11-13-7-8-14(20-13)12-18-9-10-19-16(4,5)6/h13-14,17H,7-12H2,1-6H3. The lowest BCUT2D eigenvalue weighted by Crippen LogP contribution is -2.41. The summed E-state index contributed by atoms with van der Waals surface area (Å²) in [6.45, 7) is 15.6. The fourth-order valence-electron chi connectivity index (χ4n) is 2.09. The highest BCUT2D eigenvalue weighted by Gasteiger charge is 2.26. The van der Waals surface area contributed by atoms with Gasteiger partial charge in [0.25, 0.3) is 0 Å². The molecule has 0 amide bonds. The van der Waals surface area contributed by atoms with Crippen molar-refractivity contribution in [3.63, 3.8) is 0 Å². The van der Waals surface area contributed by atoms with Gasteiger partial charge < -0.3 is 19.5 Å². The molecule has 0 aromatic carbocycles. The van der Waals surface area contributed by atoms with Crippen molar-refractivity contribution in [1.82, 2.24) is 5.32 Å². The van der Waals surface area contributed by atoms with Gasteiger partial charge in [0.1, 0.15) is 0 Å². The molecule has 1 N–H and O–H groups in total. The molecule has 1 aliphatic heterocycles. The molecule has 1 rings (SSSR count). The fourth-order valence-corrected chi connectivity index (χ4v) is 2.09.